The molecule has 2 N–H and O–H groups in total. The van der Waals surface area contributed by atoms with E-state index in [1.807, 2.05) is 0 Å². The molecule has 0 aliphatic heterocycles. The van der Waals surface area contributed by atoms with Crippen molar-refractivity contribution in [2.24, 2.45) is 5.92 Å². The van der Waals surface area contributed by atoms with Crippen LogP contribution in [0.2, 0.25) is 0 Å². The summed E-state index contributed by atoms with van der Waals surface area (Å²) in [5.74, 6) is -1.22. The fourth-order valence-corrected chi connectivity index (χ4v) is 4.14. The van der Waals surface area contributed by atoms with Gasteiger partial charge < -0.3 is 15.4 Å². The number of hydrogen-bond acceptors (Lipinski definition) is 6. The maximum atomic E-state index is 14.3. The van der Waals surface area contributed by atoms with Gasteiger partial charge in [-0.25, -0.2) is 14.4 Å². The molecule has 0 aliphatic rings. The molecule has 1 unspecified atom stereocenters. The van der Waals surface area contributed by atoms with Crippen molar-refractivity contribution in [1.82, 2.24) is 20.3 Å². The molecular weight excluding hydrogens is 645 g/mol. The standard InChI is InChI=1S/C27H22F4IN5O3/c1-14(2)24(38)34-12-15-9-19(22(23(28)32)33-11-15)25(39)37-20-8-4-7-18-21(20)35-13-36-26(18)40-17-6-3-5-16(10-17)27(29,30)31/h3-11,13-14,23H,12H2,1-2H3,(H,34,38)(H,37,39). The smallest absolute Gasteiger partial charge is 0.416 e. The van der Waals surface area contributed by atoms with Crippen LogP contribution in [0.4, 0.5) is 23.2 Å². The van der Waals surface area contributed by atoms with Crippen LogP contribution in [0.15, 0.2) is 61.1 Å². The van der Waals surface area contributed by atoms with Gasteiger partial charge in [-0.05, 0) is 64.6 Å². The zero-order valence-electron chi connectivity index (χ0n) is 21.1. The highest BCUT2D eigenvalue weighted by Gasteiger charge is 2.30. The highest BCUT2D eigenvalue weighted by atomic mass is 127. The number of rotatable bonds is 8. The molecule has 2 amide bonds. The second kappa shape index (κ2) is 12.1. The molecule has 40 heavy (non-hydrogen) atoms. The van der Waals surface area contributed by atoms with Crippen molar-refractivity contribution in [2.75, 3.05) is 5.32 Å². The molecule has 4 rings (SSSR count). The molecule has 13 heteroatoms. The van der Waals surface area contributed by atoms with E-state index in [1.165, 1.54) is 47.0 Å². The van der Waals surface area contributed by atoms with Gasteiger partial charge >= 0.3 is 6.18 Å². The number of hydrogen-bond donors (Lipinski definition) is 2. The third-order valence-electron chi connectivity index (χ3n) is 5.67. The average Bonchev–Trinajstić information content (AvgIpc) is 2.91. The largest absolute Gasteiger partial charge is 0.438 e. The van der Waals surface area contributed by atoms with Crippen LogP contribution in [0.3, 0.4) is 0 Å². The Morgan fingerprint density at radius 2 is 1.80 bits per heavy atom. The van der Waals surface area contributed by atoms with Crippen molar-refractivity contribution < 1.29 is 31.9 Å². The molecule has 4 aromatic rings. The second-order valence-electron chi connectivity index (χ2n) is 8.91. The highest BCUT2D eigenvalue weighted by molar-refractivity contribution is 14.1. The number of nitrogens with zero attached hydrogens (tertiary/aromatic N) is 3. The number of nitrogens with one attached hydrogen (secondary N) is 2. The number of para-hydroxylation sites is 1. The molecule has 0 radical (unpaired) electrons. The van der Waals surface area contributed by atoms with Crippen LogP contribution < -0.4 is 15.4 Å². The van der Waals surface area contributed by atoms with Crippen LogP contribution in [0, 0.1) is 5.92 Å². The van der Waals surface area contributed by atoms with Gasteiger partial charge in [0.2, 0.25) is 11.8 Å². The van der Waals surface area contributed by atoms with E-state index in [9.17, 15) is 27.2 Å². The van der Waals surface area contributed by atoms with E-state index in [-0.39, 0.29) is 52.5 Å². The molecule has 2 aromatic carbocycles. The summed E-state index contributed by atoms with van der Waals surface area (Å²) in [6, 6.07) is 10.5. The zero-order valence-corrected chi connectivity index (χ0v) is 23.2. The van der Waals surface area contributed by atoms with E-state index in [0.29, 0.717) is 10.9 Å². The molecule has 0 fully saturated rings. The van der Waals surface area contributed by atoms with Gasteiger partial charge in [0, 0.05) is 18.7 Å². The lowest BCUT2D eigenvalue weighted by Gasteiger charge is -2.14. The van der Waals surface area contributed by atoms with Crippen molar-refractivity contribution in [3.05, 3.63) is 83.4 Å². The van der Waals surface area contributed by atoms with Crippen LogP contribution in [0.1, 0.15) is 45.2 Å². The fraction of sp³-hybridized carbons (Fsp3) is 0.222. The first-order valence-corrected chi connectivity index (χ1v) is 13.1. The highest BCUT2D eigenvalue weighted by Crippen LogP contribution is 2.35. The first-order valence-electron chi connectivity index (χ1n) is 11.9. The molecule has 0 saturated heterocycles. The van der Waals surface area contributed by atoms with Crippen molar-refractivity contribution >= 4 is 51.0 Å². The molecular formula is C27H22F4IN5O3. The number of carbonyl (C=O) groups is 2. The van der Waals surface area contributed by atoms with Crippen LogP contribution in [-0.2, 0) is 17.5 Å². The Morgan fingerprint density at radius 1 is 1.05 bits per heavy atom. The number of amides is 2. The molecule has 2 heterocycles. The molecule has 2 aromatic heterocycles. The zero-order chi connectivity index (χ0) is 29.0. The number of alkyl halides is 5. The topological polar surface area (TPSA) is 106 Å². The normalized spacial score (nSPS) is 12.3. The third kappa shape index (κ3) is 6.81. The van der Waals surface area contributed by atoms with Gasteiger partial charge in [0.15, 0.2) is 4.18 Å². The Hall–Kier alpha value is -3.88. The minimum atomic E-state index is -4.55. The maximum Gasteiger partial charge on any atom is 0.416 e. The van der Waals surface area contributed by atoms with E-state index in [0.717, 1.165) is 18.5 Å². The lowest BCUT2D eigenvalue weighted by Crippen LogP contribution is -2.27. The Labute approximate surface area is 239 Å². The number of benzene rings is 2. The fourth-order valence-electron chi connectivity index (χ4n) is 3.65. The van der Waals surface area contributed by atoms with Crippen LogP contribution >= 0.6 is 22.6 Å². The summed E-state index contributed by atoms with van der Waals surface area (Å²) < 4.78 is 57.7. The third-order valence-corrected chi connectivity index (χ3v) is 6.26. The van der Waals surface area contributed by atoms with E-state index in [1.54, 1.807) is 32.0 Å². The monoisotopic (exact) mass is 667 g/mol. The molecule has 208 valence electrons. The van der Waals surface area contributed by atoms with Gasteiger partial charge in [0.1, 0.15) is 17.6 Å². The van der Waals surface area contributed by atoms with Gasteiger partial charge in [-0.1, -0.05) is 26.0 Å². The van der Waals surface area contributed by atoms with Gasteiger partial charge in [-0.15, -0.1) is 0 Å². The van der Waals surface area contributed by atoms with Crippen LogP contribution in [0.25, 0.3) is 10.9 Å². The predicted octanol–water partition coefficient (Wildman–Crippen LogP) is 6.76. The molecule has 8 nitrogen and oxygen atoms in total. The number of pyridine rings is 1. The first-order chi connectivity index (χ1) is 18.9. The maximum absolute atomic E-state index is 14.3. The average molecular weight is 667 g/mol. The summed E-state index contributed by atoms with van der Waals surface area (Å²) in [7, 11) is 0. The Morgan fingerprint density at radius 3 is 2.50 bits per heavy atom. The minimum Gasteiger partial charge on any atom is -0.438 e. The first kappa shape index (κ1) is 29.1. The van der Waals surface area contributed by atoms with E-state index in [2.05, 4.69) is 25.6 Å². The molecule has 0 aliphatic carbocycles. The summed E-state index contributed by atoms with van der Waals surface area (Å²) in [6.45, 7) is 3.58. The van der Waals surface area contributed by atoms with Gasteiger partial charge in [0.25, 0.3) is 5.91 Å². The number of anilines is 1. The van der Waals surface area contributed by atoms with Crippen molar-refractivity contribution in [1.29, 1.82) is 0 Å². The number of fused-ring (bicyclic) bond motifs is 1. The minimum absolute atomic E-state index is 0.0262. The number of aromatic nitrogens is 3. The number of ether oxygens (including phenoxy) is 1. The Balaban J connectivity index is 1.63. The van der Waals surface area contributed by atoms with Crippen molar-refractivity contribution in [3.63, 3.8) is 0 Å². The lowest BCUT2D eigenvalue weighted by atomic mass is 10.1. The number of halogens is 5. The number of carbonyl (C=O) groups excluding carboxylic acids is 2. The Kier molecular flexibility index (Phi) is 8.81. The van der Waals surface area contributed by atoms with Gasteiger partial charge in [-0.2, -0.15) is 13.2 Å². The van der Waals surface area contributed by atoms with E-state index in [4.69, 9.17) is 4.74 Å². The Bertz CT molecular complexity index is 1560. The second-order valence-corrected chi connectivity index (χ2v) is 10.0. The molecule has 1 atom stereocenters. The molecule has 0 spiro atoms. The quantitative estimate of drug-likeness (QED) is 0.122. The summed E-state index contributed by atoms with van der Waals surface area (Å²) in [5.41, 5.74) is -0.0450. The van der Waals surface area contributed by atoms with Crippen LogP contribution in [0.5, 0.6) is 11.6 Å². The van der Waals surface area contributed by atoms with Crippen LogP contribution in [-0.4, -0.2) is 26.8 Å². The van der Waals surface area contributed by atoms with Crippen molar-refractivity contribution in [2.45, 2.75) is 30.7 Å². The van der Waals surface area contributed by atoms with E-state index >= 15 is 0 Å². The van der Waals surface area contributed by atoms with Gasteiger partial charge in [0.05, 0.1) is 27.9 Å². The summed E-state index contributed by atoms with van der Waals surface area (Å²) >= 11 is 1.50. The lowest BCUT2D eigenvalue weighted by molar-refractivity contribution is -0.137. The molecule has 0 saturated carbocycles. The molecule has 0 bridgehead atoms. The van der Waals surface area contributed by atoms with E-state index < -0.39 is 21.8 Å². The summed E-state index contributed by atoms with van der Waals surface area (Å²) in [6.07, 6.45) is -2.01. The summed E-state index contributed by atoms with van der Waals surface area (Å²) in [5, 5.41) is 5.74. The predicted molar refractivity (Wildman–Crippen MR) is 148 cm³/mol. The summed E-state index contributed by atoms with van der Waals surface area (Å²) in [4.78, 5) is 37.6. The SMILES string of the molecule is CC(C)C(=O)NCc1cnc(C(F)I)c(C(=O)Nc2cccc3c(Oc4cccc(C(F)(F)F)c4)ncnc23)c1. The van der Waals surface area contributed by atoms with Crippen molar-refractivity contribution in [3.8, 4) is 11.6 Å². The van der Waals surface area contributed by atoms with Gasteiger partial charge in [-0.3, -0.25) is 14.6 Å².